The summed E-state index contributed by atoms with van der Waals surface area (Å²) in [6.07, 6.45) is 11.5. The van der Waals surface area contributed by atoms with Crippen LogP contribution in [0.2, 0.25) is 0 Å². The van der Waals surface area contributed by atoms with Crippen molar-refractivity contribution in [2.45, 2.75) is 10.9 Å². The molecule has 2 aromatic heterocycles. The molecule has 4 heteroatoms. The van der Waals surface area contributed by atoms with Gasteiger partial charge in [-0.3, -0.25) is 4.98 Å². The highest BCUT2D eigenvalue weighted by Gasteiger charge is 2.36. The van der Waals surface area contributed by atoms with Crippen LogP contribution in [0.5, 0.6) is 0 Å². The van der Waals surface area contributed by atoms with Gasteiger partial charge in [-0.15, -0.1) is 0 Å². The van der Waals surface area contributed by atoms with Gasteiger partial charge in [-0.2, -0.15) is 0 Å². The van der Waals surface area contributed by atoms with Crippen molar-refractivity contribution in [3.8, 4) is 5.69 Å². The van der Waals surface area contributed by atoms with Crippen LogP contribution in [0.4, 0.5) is 11.4 Å². The van der Waals surface area contributed by atoms with Crippen LogP contribution in [0.1, 0.15) is 12.0 Å². The summed E-state index contributed by atoms with van der Waals surface area (Å²) in [6, 6.07) is 45.5. The van der Waals surface area contributed by atoms with E-state index in [4.69, 9.17) is 0 Å². The van der Waals surface area contributed by atoms with Crippen molar-refractivity contribution in [1.82, 2.24) is 9.55 Å². The van der Waals surface area contributed by atoms with E-state index in [9.17, 15) is 0 Å². The lowest BCUT2D eigenvalue weighted by molar-refractivity contribution is 0.739. The highest BCUT2D eigenvalue weighted by atomic mass is 79.9. The van der Waals surface area contributed by atoms with Crippen LogP contribution in [0.25, 0.3) is 43.8 Å². The Morgan fingerprint density at radius 3 is 2.14 bits per heavy atom. The first-order valence-corrected chi connectivity index (χ1v) is 15.3. The second kappa shape index (κ2) is 10.4. The van der Waals surface area contributed by atoms with E-state index in [1.165, 1.54) is 32.9 Å². The molecule has 5 aromatic carbocycles. The number of para-hydroxylation sites is 4. The first kappa shape index (κ1) is 25.8. The predicted molar refractivity (Wildman–Crippen MR) is 184 cm³/mol. The minimum Gasteiger partial charge on any atom is -0.320 e. The summed E-state index contributed by atoms with van der Waals surface area (Å²) in [6.45, 7) is 0. The fraction of sp³-hybridized carbons (Fsp3) is 0.0513. The maximum absolute atomic E-state index is 4.35. The summed E-state index contributed by atoms with van der Waals surface area (Å²) in [5.74, 6) is 0. The summed E-state index contributed by atoms with van der Waals surface area (Å²) >= 11 is 4.27. The van der Waals surface area contributed by atoms with Gasteiger partial charge in [0.1, 0.15) is 4.45 Å². The molecule has 0 saturated heterocycles. The Morgan fingerprint density at radius 2 is 1.40 bits per heavy atom. The van der Waals surface area contributed by atoms with Gasteiger partial charge in [0.25, 0.3) is 0 Å². The standard InChI is InChI=1S/C39H28BrN3/c40-39(23-20-29(21-24-39)28-10-2-1-3-11-28)43(32-19-18-31-27-41-25-22-30(31)26-32)38-17-9-8-16-37(38)42-35-14-6-4-12-33(35)34-13-5-7-15-36(34)42/h1-23,25-27H,24H2. The Morgan fingerprint density at radius 1 is 0.698 bits per heavy atom. The van der Waals surface area contributed by atoms with Gasteiger partial charge in [0.2, 0.25) is 0 Å². The molecule has 0 amide bonds. The van der Waals surface area contributed by atoms with Gasteiger partial charge in [0.15, 0.2) is 0 Å². The van der Waals surface area contributed by atoms with E-state index >= 15 is 0 Å². The van der Waals surface area contributed by atoms with Crippen molar-refractivity contribution >= 4 is 65.5 Å². The summed E-state index contributed by atoms with van der Waals surface area (Å²) in [4.78, 5) is 6.79. The van der Waals surface area contributed by atoms with Gasteiger partial charge in [0, 0.05) is 40.7 Å². The topological polar surface area (TPSA) is 21.1 Å². The van der Waals surface area contributed by atoms with Crippen molar-refractivity contribution in [2.24, 2.45) is 0 Å². The van der Waals surface area contributed by atoms with Crippen molar-refractivity contribution in [3.05, 3.63) is 164 Å². The molecular weight excluding hydrogens is 590 g/mol. The SMILES string of the molecule is BrC1(N(c2ccc3cnccc3c2)c2ccccc2-n2c3ccccc3c3ccccc32)C=CC(c2ccccc2)=CC1. The second-order valence-electron chi connectivity index (χ2n) is 11.0. The number of fused-ring (bicyclic) bond motifs is 4. The maximum atomic E-state index is 4.35. The number of anilines is 2. The maximum Gasteiger partial charge on any atom is 0.122 e. The van der Waals surface area contributed by atoms with Crippen LogP contribution >= 0.6 is 15.9 Å². The summed E-state index contributed by atoms with van der Waals surface area (Å²) < 4.78 is 1.91. The Balaban J connectivity index is 1.36. The number of rotatable bonds is 5. The van der Waals surface area contributed by atoms with Crippen molar-refractivity contribution < 1.29 is 0 Å². The molecule has 1 atom stereocenters. The van der Waals surface area contributed by atoms with Gasteiger partial charge >= 0.3 is 0 Å². The van der Waals surface area contributed by atoms with Crippen molar-refractivity contribution in [3.63, 3.8) is 0 Å². The molecule has 1 aliphatic rings. The molecule has 0 spiro atoms. The molecule has 0 saturated carbocycles. The molecule has 0 radical (unpaired) electrons. The number of hydrogen-bond acceptors (Lipinski definition) is 2. The van der Waals surface area contributed by atoms with Crippen LogP contribution in [-0.2, 0) is 0 Å². The van der Waals surface area contributed by atoms with Gasteiger partial charge in [-0.05, 0) is 65.1 Å². The quantitative estimate of drug-likeness (QED) is 0.141. The zero-order chi connectivity index (χ0) is 28.8. The Labute approximate surface area is 259 Å². The number of alkyl halides is 1. The lowest BCUT2D eigenvalue weighted by atomic mass is 9.95. The van der Waals surface area contributed by atoms with E-state index in [2.05, 4.69) is 176 Å². The third-order valence-electron chi connectivity index (χ3n) is 8.43. The van der Waals surface area contributed by atoms with E-state index in [0.29, 0.717) is 0 Å². The van der Waals surface area contributed by atoms with Crippen molar-refractivity contribution in [1.29, 1.82) is 0 Å². The molecule has 2 heterocycles. The van der Waals surface area contributed by atoms with E-state index < -0.39 is 4.45 Å². The van der Waals surface area contributed by atoms with Gasteiger partial charge in [0.05, 0.1) is 22.4 Å². The Kier molecular flexibility index (Phi) is 6.23. The van der Waals surface area contributed by atoms with Crippen LogP contribution in [0, 0.1) is 0 Å². The molecule has 1 unspecified atom stereocenters. The van der Waals surface area contributed by atoms with Crippen LogP contribution in [-0.4, -0.2) is 14.0 Å². The molecular formula is C39H28BrN3. The van der Waals surface area contributed by atoms with Gasteiger partial charge in [-0.25, -0.2) is 0 Å². The van der Waals surface area contributed by atoms with Gasteiger partial charge < -0.3 is 9.47 Å². The van der Waals surface area contributed by atoms with E-state index in [0.717, 1.165) is 34.3 Å². The number of pyridine rings is 1. The summed E-state index contributed by atoms with van der Waals surface area (Å²) in [7, 11) is 0. The third kappa shape index (κ3) is 4.38. The van der Waals surface area contributed by atoms with Crippen molar-refractivity contribution in [2.75, 3.05) is 4.90 Å². The molecule has 3 nitrogen and oxygen atoms in total. The molecule has 8 rings (SSSR count). The average Bonchev–Trinajstić information content (AvgIpc) is 3.40. The molecule has 0 fully saturated rings. The van der Waals surface area contributed by atoms with Crippen LogP contribution < -0.4 is 4.90 Å². The molecule has 0 bridgehead atoms. The molecule has 0 aliphatic heterocycles. The zero-order valence-corrected chi connectivity index (χ0v) is 25.0. The highest BCUT2D eigenvalue weighted by Crippen LogP contribution is 2.47. The number of benzene rings is 5. The van der Waals surface area contributed by atoms with Crippen LogP contribution in [0.3, 0.4) is 0 Å². The summed E-state index contributed by atoms with van der Waals surface area (Å²) in [5, 5.41) is 4.78. The lowest BCUT2D eigenvalue weighted by Gasteiger charge is -2.41. The lowest BCUT2D eigenvalue weighted by Crippen LogP contribution is -2.40. The molecule has 1 aliphatic carbocycles. The van der Waals surface area contributed by atoms with E-state index in [-0.39, 0.29) is 0 Å². The first-order valence-electron chi connectivity index (χ1n) is 14.5. The number of hydrogen-bond donors (Lipinski definition) is 0. The Bertz CT molecular complexity index is 2140. The Hall–Kier alpha value is -4.93. The van der Waals surface area contributed by atoms with Crippen LogP contribution in [0.15, 0.2) is 158 Å². The molecule has 0 N–H and O–H groups in total. The molecule has 43 heavy (non-hydrogen) atoms. The van der Waals surface area contributed by atoms with E-state index in [1.807, 2.05) is 12.4 Å². The minimum atomic E-state index is -0.499. The second-order valence-corrected chi connectivity index (χ2v) is 12.4. The number of aromatic nitrogens is 2. The third-order valence-corrected chi connectivity index (χ3v) is 9.37. The minimum absolute atomic E-state index is 0.499. The fourth-order valence-corrected chi connectivity index (χ4v) is 7.10. The van der Waals surface area contributed by atoms with E-state index in [1.54, 1.807) is 0 Å². The fourth-order valence-electron chi connectivity index (χ4n) is 6.41. The summed E-state index contributed by atoms with van der Waals surface area (Å²) in [5.41, 5.74) is 8.18. The number of nitrogens with zero attached hydrogens (tertiary/aromatic N) is 3. The average molecular weight is 619 g/mol. The largest absolute Gasteiger partial charge is 0.320 e. The normalized spacial score (nSPS) is 16.5. The highest BCUT2D eigenvalue weighted by molar-refractivity contribution is 9.10. The monoisotopic (exact) mass is 617 g/mol. The van der Waals surface area contributed by atoms with Gasteiger partial charge in [-0.1, -0.05) is 113 Å². The smallest absolute Gasteiger partial charge is 0.122 e. The predicted octanol–water partition coefficient (Wildman–Crippen LogP) is 10.6. The molecule has 7 aromatic rings. The number of halogens is 1. The first-order chi connectivity index (χ1) is 21.2. The molecule has 206 valence electrons. The number of allylic oxidation sites excluding steroid dienone is 2. The zero-order valence-electron chi connectivity index (χ0n) is 23.4.